The molecule has 0 bridgehead atoms. The van der Waals surface area contributed by atoms with E-state index < -0.39 is 0 Å². The molecule has 0 aromatic heterocycles. The zero-order chi connectivity index (χ0) is 13.8. The van der Waals surface area contributed by atoms with Crippen LogP contribution in [0.3, 0.4) is 0 Å². The number of nitrogens with zero attached hydrogens (tertiary/aromatic N) is 2. The average molecular weight is 261 g/mol. The second kappa shape index (κ2) is 6.17. The quantitative estimate of drug-likeness (QED) is 0.873. The van der Waals surface area contributed by atoms with Crippen LogP contribution in [0, 0.1) is 6.92 Å². The highest BCUT2D eigenvalue weighted by atomic mass is 16.2. The van der Waals surface area contributed by atoms with Gasteiger partial charge in [0.15, 0.2) is 0 Å². The molecule has 0 radical (unpaired) electrons. The molecule has 1 saturated heterocycles. The molecule has 1 heterocycles. The molecule has 1 atom stereocenters. The van der Waals surface area contributed by atoms with Gasteiger partial charge >= 0.3 is 0 Å². The standard InChI is InChI=1S/C15H23N3O/c1-12-4-6-13(7-5-12)11-18-9-8-17(3)14(10-16-2)15(18)19/h4-7,14,16H,8-11H2,1-3H3. The van der Waals surface area contributed by atoms with Crippen LogP contribution >= 0.6 is 0 Å². The van der Waals surface area contributed by atoms with Gasteiger partial charge in [-0.1, -0.05) is 29.8 Å². The maximum atomic E-state index is 12.4. The van der Waals surface area contributed by atoms with Gasteiger partial charge in [-0.05, 0) is 26.6 Å². The minimum absolute atomic E-state index is 0.0378. The average Bonchev–Trinajstić information content (AvgIpc) is 2.40. The minimum Gasteiger partial charge on any atom is -0.336 e. The Kier molecular flexibility index (Phi) is 4.56. The summed E-state index contributed by atoms with van der Waals surface area (Å²) in [6.07, 6.45) is 0. The van der Waals surface area contributed by atoms with Crippen molar-refractivity contribution in [1.29, 1.82) is 0 Å². The van der Waals surface area contributed by atoms with Crippen molar-refractivity contribution in [2.45, 2.75) is 19.5 Å². The van der Waals surface area contributed by atoms with E-state index in [1.165, 1.54) is 11.1 Å². The first-order valence-electron chi connectivity index (χ1n) is 6.81. The van der Waals surface area contributed by atoms with Crippen molar-refractivity contribution >= 4 is 5.91 Å². The van der Waals surface area contributed by atoms with Gasteiger partial charge in [-0.3, -0.25) is 9.69 Å². The lowest BCUT2D eigenvalue weighted by molar-refractivity contribution is -0.141. The topological polar surface area (TPSA) is 35.6 Å². The third-order valence-corrected chi connectivity index (χ3v) is 3.74. The molecule has 1 aliphatic heterocycles. The van der Waals surface area contributed by atoms with Crippen LogP contribution in [0.2, 0.25) is 0 Å². The number of piperazine rings is 1. The molecule has 4 nitrogen and oxygen atoms in total. The third kappa shape index (κ3) is 3.33. The highest BCUT2D eigenvalue weighted by Crippen LogP contribution is 2.13. The first-order valence-corrected chi connectivity index (χ1v) is 6.81. The number of carbonyl (C=O) groups is 1. The van der Waals surface area contributed by atoms with Crippen LogP contribution in [0.4, 0.5) is 0 Å². The molecule has 19 heavy (non-hydrogen) atoms. The number of carbonyl (C=O) groups excluding carboxylic acids is 1. The van der Waals surface area contributed by atoms with Gasteiger partial charge in [0.1, 0.15) is 6.04 Å². The fraction of sp³-hybridized carbons (Fsp3) is 0.533. The van der Waals surface area contributed by atoms with Gasteiger partial charge in [-0.25, -0.2) is 0 Å². The molecule has 1 N–H and O–H groups in total. The van der Waals surface area contributed by atoms with Gasteiger partial charge in [0.25, 0.3) is 0 Å². The van der Waals surface area contributed by atoms with Crippen molar-refractivity contribution in [3.05, 3.63) is 35.4 Å². The maximum Gasteiger partial charge on any atom is 0.241 e. The second-order valence-electron chi connectivity index (χ2n) is 5.30. The van der Waals surface area contributed by atoms with Gasteiger partial charge in [0.2, 0.25) is 5.91 Å². The Morgan fingerprint density at radius 2 is 1.95 bits per heavy atom. The van der Waals surface area contributed by atoms with Crippen LogP contribution in [0.5, 0.6) is 0 Å². The first-order chi connectivity index (χ1) is 9.11. The van der Waals surface area contributed by atoms with Crippen LogP contribution in [0.1, 0.15) is 11.1 Å². The molecule has 4 heteroatoms. The molecular formula is C15H23N3O. The van der Waals surface area contributed by atoms with Gasteiger partial charge in [0.05, 0.1) is 0 Å². The summed E-state index contributed by atoms with van der Waals surface area (Å²) in [6.45, 7) is 5.24. The van der Waals surface area contributed by atoms with Crippen molar-refractivity contribution < 1.29 is 4.79 Å². The van der Waals surface area contributed by atoms with E-state index in [2.05, 4.69) is 41.4 Å². The third-order valence-electron chi connectivity index (χ3n) is 3.74. The number of hydrogen-bond acceptors (Lipinski definition) is 3. The fourth-order valence-corrected chi connectivity index (χ4v) is 2.45. The summed E-state index contributed by atoms with van der Waals surface area (Å²) in [6, 6.07) is 8.37. The number of amides is 1. The highest BCUT2D eigenvalue weighted by molar-refractivity contribution is 5.83. The van der Waals surface area contributed by atoms with E-state index in [4.69, 9.17) is 0 Å². The molecule has 0 aliphatic carbocycles. The molecule has 1 unspecified atom stereocenters. The molecule has 0 spiro atoms. The Labute approximate surface area is 115 Å². The zero-order valence-corrected chi connectivity index (χ0v) is 12.0. The van der Waals surface area contributed by atoms with Gasteiger partial charge in [-0.15, -0.1) is 0 Å². The predicted molar refractivity (Wildman–Crippen MR) is 76.9 cm³/mol. The summed E-state index contributed by atoms with van der Waals surface area (Å²) in [4.78, 5) is 16.5. The lowest BCUT2D eigenvalue weighted by Gasteiger charge is -2.38. The molecule has 1 aromatic rings. The summed E-state index contributed by atoms with van der Waals surface area (Å²) < 4.78 is 0. The SMILES string of the molecule is CNCC1C(=O)N(Cc2ccc(C)cc2)CCN1C. The van der Waals surface area contributed by atoms with Crippen LogP contribution in [-0.2, 0) is 11.3 Å². The van der Waals surface area contributed by atoms with Crippen molar-refractivity contribution in [1.82, 2.24) is 15.1 Å². The van der Waals surface area contributed by atoms with E-state index in [9.17, 15) is 4.79 Å². The number of likely N-dealkylation sites (N-methyl/N-ethyl adjacent to an activating group) is 2. The Bertz CT molecular complexity index is 430. The molecule has 104 valence electrons. The smallest absolute Gasteiger partial charge is 0.241 e. The number of aryl methyl sites for hydroxylation is 1. The molecule has 1 amide bonds. The molecule has 1 aromatic carbocycles. The summed E-state index contributed by atoms with van der Waals surface area (Å²) >= 11 is 0. The normalized spacial score (nSPS) is 20.9. The lowest BCUT2D eigenvalue weighted by Crippen LogP contribution is -2.58. The van der Waals surface area contributed by atoms with E-state index in [-0.39, 0.29) is 11.9 Å². The van der Waals surface area contributed by atoms with E-state index in [1.54, 1.807) is 0 Å². The highest BCUT2D eigenvalue weighted by Gasteiger charge is 2.31. The van der Waals surface area contributed by atoms with Crippen molar-refractivity contribution in [2.24, 2.45) is 0 Å². The van der Waals surface area contributed by atoms with Crippen molar-refractivity contribution in [3.63, 3.8) is 0 Å². The minimum atomic E-state index is -0.0378. The monoisotopic (exact) mass is 261 g/mol. The predicted octanol–water partition coefficient (Wildman–Crippen LogP) is 0.857. The summed E-state index contributed by atoms with van der Waals surface area (Å²) in [5.74, 6) is 0.226. The Balaban J connectivity index is 2.04. The summed E-state index contributed by atoms with van der Waals surface area (Å²) in [5.41, 5.74) is 2.45. The van der Waals surface area contributed by atoms with Crippen LogP contribution in [-0.4, -0.2) is 55.5 Å². The zero-order valence-electron chi connectivity index (χ0n) is 12.0. The Morgan fingerprint density at radius 3 is 2.58 bits per heavy atom. The Morgan fingerprint density at radius 1 is 1.26 bits per heavy atom. The first kappa shape index (κ1) is 14.0. The number of hydrogen-bond donors (Lipinski definition) is 1. The number of rotatable bonds is 4. The van der Waals surface area contributed by atoms with E-state index in [0.29, 0.717) is 13.1 Å². The van der Waals surface area contributed by atoms with Crippen LogP contribution in [0.25, 0.3) is 0 Å². The Hall–Kier alpha value is -1.39. The number of nitrogens with one attached hydrogen (secondary N) is 1. The molecule has 0 saturated carbocycles. The lowest BCUT2D eigenvalue weighted by atomic mass is 10.1. The summed E-state index contributed by atoms with van der Waals surface area (Å²) in [5, 5.41) is 3.10. The van der Waals surface area contributed by atoms with Gasteiger partial charge < -0.3 is 10.2 Å². The molecule has 1 fully saturated rings. The van der Waals surface area contributed by atoms with Crippen LogP contribution < -0.4 is 5.32 Å². The molecule has 1 aliphatic rings. The maximum absolute atomic E-state index is 12.4. The largest absolute Gasteiger partial charge is 0.336 e. The van der Waals surface area contributed by atoms with Crippen LogP contribution in [0.15, 0.2) is 24.3 Å². The number of benzene rings is 1. The molecular weight excluding hydrogens is 238 g/mol. The van der Waals surface area contributed by atoms with Crippen molar-refractivity contribution in [2.75, 3.05) is 33.7 Å². The molecule has 2 rings (SSSR count). The van der Waals surface area contributed by atoms with E-state index >= 15 is 0 Å². The van der Waals surface area contributed by atoms with E-state index in [1.807, 2.05) is 19.0 Å². The second-order valence-corrected chi connectivity index (χ2v) is 5.30. The van der Waals surface area contributed by atoms with E-state index in [0.717, 1.165) is 13.1 Å². The van der Waals surface area contributed by atoms with Gasteiger partial charge in [0, 0.05) is 26.2 Å². The fourth-order valence-electron chi connectivity index (χ4n) is 2.45. The summed E-state index contributed by atoms with van der Waals surface area (Å²) in [7, 11) is 3.91. The van der Waals surface area contributed by atoms with Gasteiger partial charge in [-0.2, -0.15) is 0 Å². The van der Waals surface area contributed by atoms with Crippen molar-refractivity contribution in [3.8, 4) is 0 Å².